The van der Waals surface area contributed by atoms with E-state index in [9.17, 15) is 4.79 Å². The third-order valence-corrected chi connectivity index (χ3v) is 3.67. The number of carbonyl (C=O) groups is 1. The van der Waals surface area contributed by atoms with Gasteiger partial charge in [0.05, 0.1) is 11.8 Å². The number of hydrogen-bond acceptors (Lipinski definition) is 3. The van der Waals surface area contributed by atoms with E-state index >= 15 is 0 Å². The van der Waals surface area contributed by atoms with E-state index in [2.05, 4.69) is 9.97 Å². The molecule has 2 aromatic heterocycles. The fourth-order valence-electron chi connectivity index (χ4n) is 2.52. The average molecular weight is 279 g/mol. The monoisotopic (exact) mass is 279 g/mol. The van der Waals surface area contributed by atoms with Crippen LogP contribution in [0, 0.1) is 12.8 Å². The molecule has 0 aliphatic rings. The lowest BCUT2D eigenvalue weighted by Crippen LogP contribution is -2.18. The van der Waals surface area contributed by atoms with Gasteiger partial charge in [-0.2, -0.15) is 0 Å². The first kappa shape index (κ1) is 13.5. The molecular formula is C17H17N3O. The summed E-state index contributed by atoms with van der Waals surface area (Å²) in [5.41, 5.74) is 2.49. The Morgan fingerprint density at radius 1 is 1.33 bits per heavy atom. The number of Topliss-reactive ketones (excluding diaryl/α,β-unsaturated/α-hetero) is 1. The fraction of sp³-hybridized carbons (Fsp3) is 0.235. The highest BCUT2D eigenvalue weighted by Gasteiger charge is 2.18. The highest BCUT2D eigenvalue weighted by molar-refractivity contribution is 5.98. The standard InChI is InChI=1S/C17H17N3O/c1-12-9-16(19-15-6-4-3-5-14(12)15)17(21)13(2)10-20-8-7-18-11-20/h3-9,11,13H,10H2,1-2H3. The molecule has 0 aliphatic carbocycles. The van der Waals surface area contributed by atoms with E-state index in [1.54, 1.807) is 12.5 Å². The van der Waals surface area contributed by atoms with Gasteiger partial charge in [0.15, 0.2) is 5.78 Å². The van der Waals surface area contributed by atoms with Gasteiger partial charge in [-0.3, -0.25) is 4.79 Å². The lowest BCUT2D eigenvalue weighted by atomic mass is 10.0. The minimum absolute atomic E-state index is 0.0672. The van der Waals surface area contributed by atoms with Crippen LogP contribution in [0.4, 0.5) is 0 Å². The van der Waals surface area contributed by atoms with Gasteiger partial charge in [-0.15, -0.1) is 0 Å². The number of ketones is 1. The van der Waals surface area contributed by atoms with Crippen molar-refractivity contribution in [2.45, 2.75) is 20.4 Å². The summed E-state index contributed by atoms with van der Waals surface area (Å²) in [6.45, 7) is 4.56. The van der Waals surface area contributed by atoms with E-state index in [0.717, 1.165) is 16.5 Å². The van der Waals surface area contributed by atoms with Crippen molar-refractivity contribution in [1.82, 2.24) is 14.5 Å². The Morgan fingerprint density at radius 3 is 2.90 bits per heavy atom. The minimum Gasteiger partial charge on any atom is -0.337 e. The van der Waals surface area contributed by atoms with Crippen LogP contribution < -0.4 is 0 Å². The lowest BCUT2D eigenvalue weighted by molar-refractivity contribution is 0.0913. The van der Waals surface area contributed by atoms with Gasteiger partial charge in [-0.05, 0) is 24.6 Å². The number of imidazole rings is 1. The Balaban J connectivity index is 1.90. The maximum atomic E-state index is 12.6. The topological polar surface area (TPSA) is 47.8 Å². The Labute approximate surface area is 123 Å². The molecule has 1 unspecified atom stereocenters. The van der Waals surface area contributed by atoms with E-state index in [1.165, 1.54) is 0 Å². The van der Waals surface area contributed by atoms with Crippen LogP contribution in [0.1, 0.15) is 23.0 Å². The zero-order valence-electron chi connectivity index (χ0n) is 12.2. The first-order chi connectivity index (χ1) is 10.1. The molecule has 0 saturated carbocycles. The molecule has 0 radical (unpaired) electrons. The number of aromatic nitrogens is 3. The fourth-order valence-corrected chi connectivity index (χ4v) is 2.52. The van der Waals surface area contributed by atoms with Crippen molar-refractivity contribution in [1.29, 1.82) is 0 Å². The molecule has 0 fully saturated rings. The SMILES string of the molecule is Cc1cc(C(=O)C(C)Cn2ccnc2)nc2ccccc12. The number of pyridine rings is 1. The normalized spacial score (nSPS) is 12.5. The van der Waals surface area contributed by atoms with Crippen molar-refractivity contribution in [3.63, 3.8) is 0 Å². The summed E-state index contributed by atoms with van der Waals surface area (Å²) in [4.78, 5) is 21.1. The number of hydrogen-bond donors (Lipinski definition) is 0. The summed E-state index contributed by atoms with van der Waals surface area (Å²) in [5, 5.41) is 1.09. The molecule has 0 saturated heterocycles. The molecule has 0 bridgehead atoms. The van der Waals surface area contributed by atoms with E-state index in [-0.39, 0.29) is 11.7 Å². The summed E-state index contributed by atoms with van der Waals surface area (Å²) < 4.78 is 1.91. The second-order valence-corrected chi connectivity index (χ2v) is 5.37. The predicted molar refractivity (Wildman–Crippen MR) is 82.2 cm³/mol. The molecule has 3 rings (SSSR count). The van der Waals surface area contributed by atoms with Crippen LogP contribution in [0.2, 0.25) is 0 Å². The number of rotatable bonds is 4. The van der Waals surface area contributed by atoms with Crippen molar-refractivity contribution in [3.8, 4) is 0 Å². The van der Waals surface area contributed by atoms with Crippen LogP contribution in [0.15, 0.2) is 49.1 Å². The Morgan fingerprint density at radius 2 is 2.14 bits per heavy atom. The number of para-hydroxylation sites is 1. The van der Waals surface area contributed by atoms with Gasteiger partial charge in [0, 0.05) is 30.2 Å². The molecule has 0 aliphatic heterocycles. The molecule has 3 aromatic rings. The molecule has 2 heterocycles. The third kappa shape index (κ3) is 2.70. The van der Waals surface area contributed by atoms with Crippen LogP contribution in [0.25, 0.3) is 10.9 Å². The van der Waals surface area contributed by atoms with Crippen LogP contribution in [-0.4, -0.2) is 20.3 Å². The molecule has 1 atom stereocenters. The number of carbonyl (C=O) groups excluding carboxylic acids is 1. The molecule has 0 amide bonds. The second kappa shape index (κ2) is 5.48. The van der Waals surface area contributed by atoms with Gasteiger partial charge in [-0.25, -0.2) is 9.97 Å². The van der Waals surface area contributed by atoms with E-state index < -0.39 is 0 Å². The lowest BCUT2D eigenvalue weighted by Gasteiger charge is -2.12. The van der Waals surface area contributed by atoms with Crippen LogP contribution in [-0.2, 0) is 6.54 Å². The first-order valence-corrected chi connectivity index (χ1v) is 7.01. The van der Waals surface area contributed by atoms with Crippen LogP contribution >= 0.6 is 0 Å². The number of benzene rings is 1. The summed E-state index contributed by atoms with van der Waals surface area (Å²) >= 11 is 0. The predicted octanol–water partition coefficient (Wildman–Crippen LogP) is 3.26. The van der Waals surface area contributed by atoms with Gasteiger partial charge in [0.25, 0.3) is 0 Å². The number of fused-ring (bicyclic) bond motifs is 1. The van der Waals surface area contributed by atoms with Gasteiger partial charge in [-0.1, -0.05) is 25.1 Å². The van der Waals surface area contributed by atoms with Gasteiger partial charge < -0.3 is 4.57 Å². The molecule has 106 valence electrons. The first-order valence-electron chi connectivity index (χ1n) is 7.01. The Kier molecular flexibility index (Phi) is 3.52. The van der Waals surface area contributed by atoms with Gasteiger partial charge in [0.1, 0.15) is 5.69 Å². The van der Waals surface area contributed by atoms with Crippen molar-refractivity contribution in [2.24, 2.45) is 5.92 Å². The van der Waals surface area contributed by atoms with E-state index in [1.807, 2.05) is 54.9 Å². The summed E-state index contributed by atoms with van der Waals surface area (Å²) in [6, 6.07) is 9.79. The minimum atomic E-state index is -0.132. The molecule has 0 N–H and O–H groups in total. The highest BCUT2D eigenvalue weighted by Crippen LogP contribution is 2.19. The quantitative estimate of drug-likeness (QED) is 0.689. The molecule has 1 aromatic carbocycles. The smallest absolute Gasteiger partial charge is 0.185 e. The summed E-state index contributed by atoms with van der Waals surface area (Å²) in [7, 11) is 0. The number of nitrogens with zero attached hydrogens (tertiary/aromatic N) is 3. The second-order valence-electron chi connectivity index (χ2n) is 5.37. The molecule has 4 nitrogen and oxygen atoms in total. The maximum absolute atomic E-state index is 12.6. The molecular weight excluding hydrogens is 262 g/mol. The van der Waals surface area contributed by atoms with Gasteiger partial charge >= 0.3 is 0 Å². The third-order valence-electron chi connectivity index (χ3n) is 3.67. The van der Waals surface area contributed by atoms with Crippen LogP contribution in [0.3, 0.4) is 0 Å². The largest absolute Gasteiger partial charge is 0.337 e. The summed E-state index contributed by atoms with van der Waals surface area (Å²) in [5.74, 6) is -0.0650. The number of aryl methyl sites for hydroxylation is 1. The van der Waals surface area contributed by atoms with Crippen molar-refractivity contribution < 1.29 is 4.79 Å². The van der Waals surface area contributed by atoms with Crippen molar-refractivity contribution in [3.05, 3.63) is 60.3 Å². The Hall–Kier alpha value is -2.49. The van der Waals surface area contributed by atoms with E-state index in [0.29, 0.717) is 12.2 Å². The van der Waals surface area contributed by atoms with Gasteiger partial charge in [0.2, 0.25) is 0 Å². The molecule has 0 spiro atoms. The van der Waals surface area contributed by atoms with Crippen molar-refractivity contribution in [2.75, 3.05) is 0 Å². The molecule has 4 heteroatoms. The zero-order chi connectivity index (χ0) is 14.8. The van der Waals surface area contributed by atoms with Crippen molar-refractivity contribution >= 4 is 16.7 Å². The summed E-state index contributed by atoms with van der Waals surface area (Å²) in [6.07, 6.45) is 5.31. The highest BCUT2D eigenvalue weighted by atomic mass is 16.1. The Bertz CT molecular complexity index is 778. The van der Waals surface area contributed by atoms with E-state index in [4.69, 9.17) is 0 Å². The molecule has 21 heavy (non-hydrogen) atoms. The van der Waals surface area contributed by atoms with Crippen LogP contribution in [0.5, 0.6) is 0 Å². The maximum Gasteiger partial charge on any atom is 0.185 e. The zero-order valence-corrected chi connectivity index (χ0v) is 12.2. The average Bonchev–Trinajstić information content (AvgIpc) is 2.99.